The summed E-state index contributed by atoms with van der Waals surface area (Å²) in [5, 5.41) is 9.08. The maximum absolute atomic E-state index is 14.4. The summed E-state index contributed by atoms with van der Waals surface area (Å²) in [5.74, 6) is -1.69. The number of nitrogens with two attached hydrogens (primary N) is 1. The van der Waals surface area contributed by atoms with E-state index in [9.17, 15) is 32.5 Å². The summed E-state index contributed by atoms with van der Waals surface area (Å²) in [6.45, 7) is 3.10. The lowest BCUT2D eigenvalue weighted by Gasteiger charge is -2.35. The van der Waals surface area contributed by atoms with Gasteiger partial charge in [-0.15, -0.1) is 0 Å². The molecule has 13 nitrogen and oxygen atoms in total. The van der Waals surface area contributed by atoms with Crippen LogP contribution in [0.15, 0.2) is 24.3 Å². The fourth-order valence-electron chi connectivity index (χ4n) is 8.39. The van der Waals surface area contributed by atoms with Crippen LogP contribution < -0.4 is 21.7 Å². The molecule has 1 aromatic carbocycles. The third kappa shape index (κ3) is 14.4. The summed E-state index contributed by atoms with van der Waals surface area (Å²) >= 11 is 0. The lowest BCUT2D eigenvalue weighted by atomic mass is 9.99. The molecule has 0 bridgehead atoms. The first-order chi connectivity index (χ1) is 27.7. The highest BCUT2D eigenvalue weighted by Gasteiger charge is 2.50. The second-order valence-corrected chi connectivity index (χ2v) is 18.1. The van der Waals surface area contributed by atoms with E-state index in [1.807, 2.05) is 0 Å². The van der Waals surface area contributed by atoms with Gasteiger partial charge in [0.15, 0.2) is 0 Å². The van der Waals surface area contributed by atoms with Crippen molar-refractivity contribution in [2.75, 3.05) is 13.1 Å². The van der Waals surface area contributed by atoms with Crippen molar-refractivity contribution in [2.45, 2.75) is 178 Å². The number of halogens is 2. The Bertz CT molecular complexity index is 1690. The predicted molar refractivity (Wildman–Crippen MR) is 221 cm³/mol. The second-order valence-electron chi connectivity index (χ2n) is 16.4. The molecular weight excluding hydrogens is 769 g/mol. The molecule has 2 aliphatic rings. The number of nitrogens with one attached hydrogen (secondary N) is 4. The lowest BCUT2D eigenvalue weighted by molar-refractivity contribution is -0.132. The standard InChI is InChI=1S/C42H67F2N6O7P/c1-2-3-4-5-6-7-8-9-10-11-12-13-14-17-26-46-39(52)35(23-25-38(45)51)49-41(54)37-24-21-33-19-16-15-18-32(29-50(33)37)47-40(53)36-28-30-27-31(20-22-34(30)48-36)42(43,44)58(55,56)57/h20,22,27-28,32-33,35,37,48H,2-19,21,23-26,29H2,1H3,(H2,45,51)(H,46,52)(H,47,53)(H,49,54)(H2,55,56,57)/t32-,33?,35?,37-/m0/s1. The third-order valence-electron chi connectivity index (χ3n) is 11.8. The molecule has 2 aromatic rings. The largest absolute Gasteiger partial charge is 0.399 e. The minimum absolute atomic E-state index is 0.0521. The van der Waals surface area contributed by atoms with Gasteiger partial charge >= 0.3 is 13.3 Å². The van der Waals surface area contributed by atoms with Gasteiger partial charge in [-0.25, -0.2) is 0 Å². The summed E-state index contributed by atoms with van der Waals surface area (Å²) < 4.78 is 40.1. The van der Waals surface area contributed by atoms with Crippen molar-refractivity contribution in [3.63, 3.8) is 0 Å². The normalized spacial score (nSPS) is 19.6. The van der Waals surface area contributed by atoms with E-state index in [-0.39, 0.29) is 47.8 Å². The molecule has 4 rings (SSSR count). The van der Waals surface area contributed by atoms with Gasteiger partial charge in [0.1, 0.15) is 11.7 Å². The number of aromatic amines is 1. The number of alkyl halides is 2. The number of aromatic nitrogens is 1. The molecule has 2 unspecified atom stereocenters. The zero-order valence-electron chi connectivity index (χ0n) is 34.3. The average molecular weight is 837 g/mol. The molecule has 0 aliphatic carbocycles. The van der Waals surface area contributed by atoms with Gasteiger partial charge in [0, 0.05) is 48.1 Å². The first-order valence-electron chi connectivity index (χ1n) is 21.7. The number of amides is 4. The number of carbonyl (C=O) groups is 4. The summed E-state index contributed by atoms with van der Waals surface area (Å²) in [4.78, 5) is 75.5. The van der Waals surface area contributed by atoms with Crippen LogP contribution in [-0.2, 0) is 24.6 Å². The summed E-state index contributed by atoms with van der Waals surface area (Å²) in [5.41, 5.74) is 0.621. The molecule has 2 aliphatic heterocycles. The minimum Gasteiger partial charge on any atom is -0.370 e. The Morgan fingerprint density at radius 2 is 1.52 bits per heavy atom. The fourth-order valence-corrected chi connectivity index (χ4v) is 8.87. The molecule has 0 radical (unpaired) electrons. The monoisotopic (exact) mass is 836 g/mol. The van der Waals surface area contributed by atoms with Crippen LogP contribution in [0.25, 0.3) is 10.9 Å². The molecule has 4 atom stereocenters. The highest BCUT2D eigenvalue weighted by atomic mass is 31.2. The van der Waals surface area contributed by atoms with Gasteiger partial charge in [-0.3, -0.25) is 28.6 Å². The zero-order valence-corrected chi connectivity index (χ0v) is 35.1. The topological polar surface area (TPSA) is 207 Å². The number of fused-ring (bicyclic) bond motifs is 2. The van der Waals surface area contributed by atoms with Gasteiger partial charge in [-0.05, 0) is 56.7 Å². The van der Waals surface area contributed by atoms with Crippen LogP contribution in [0.2, 0.25) is 0 Å². The van der Waals surface area contributed by atoms with Crippen LogP contribution in [0.3, 0.4) is 0 Å². The first kappa shape index (κ1) is 47.3. The number of hydrogen-bond donors (Lipinski definition) is 7. The van der Waals surface area contributed by atoms with Crippen molar-refractivity contribution in [1.82, 2.24) is 25.8 Å². The van der Waals surface area contributed by atoms with Crippen LogP contribution in [0.4, 0.5) is 8.78 Å². The Balaban J connectivity index is 1.26. The Morgan fingerprint density at radius 3 is 2.14 bits per heavy atom. The molecule has 0 spiro atoms. The summed E-state index contributed by atoms with van der Waals surface area (Å²) in [7, 11) is -5.77. The van der Waals surface area contributed by atoms with Crippen LogP contribution >= 0.6 is 7.60 Å². The number of unbranched alkanes of at least 4 members (excludes halogenated alkanes) is 13. The van der Waals surface area contributed by atoms with Crippen molar-refractivity contribution >= 4 is 42.1 Å². The molecule has 326 valence electrons. The Hall–Kier alpha value is -3.39. The van der Waals surface area contributed by atoms with E-state index in [2.05, 4.69) is 32.8 Å². The highest BCUT2D eigenvalue weighted by molar-refractivity contribution is 7.52. The average Bonchev–Trinajstić information content (AvgIpc) is 3.78. The quantitative estimate of drug-likeness (QED) is 0.0400. The molecule has 8 N–H and O–H groups in total. The van der Waals surface area contributed by atoms with Crippen LogP contribution in [0.5, 0.6) is 0 Å². The minimum atomic E-state index is -5.77. The number of carbonyl (C=O) groups excluding carboxylic acids is 4. The SMILES string of the molecule is CCCCCCCCCCCCCCCCNC(=O)C(CCC(N)=O)NC(=O)[C@@H]1CCC2CCCC[C@H](NC(=O)c3cc4cc(C(F)(F)P(=O)(O)O)ccc4[nH]3)CN21. The second kappa shape index (κ2) is 23.4. The van der Waals surface area contributed by atoms with Crippen LogP contribution in [-0.4, -0.2) is 80.6 Å². The lowest BCUT2D eigenvalue weighted by Crippen LogP contribution is -2.56. The molecule has 3 heterocycles. The van der Waals surface area contributed by atoms with Crippen molar-refractivity contribution in [1.29, 1.82) is 0 Å². The van der Waals surface area contributed by atoms with E-state index >= 15 is 0 Å². The predicted octanol–water partition coefficient (Wildman–Crippen LogP) is 7.25. The van der Waals surface area contributed by atoms with E-state index in [0.717, 1.165) is 57.1 Å². The number of hydrogen-bond acceptors (Lipinski definition) is 6. The van der Waals surface area contributed by atoms with Gasteiger partial charge in [-0.1, -0.05) is 109 Å². The molecule has 16 heteroatoms. The van der Waals surface area contributed by atoms with E-state index in [1.54, 1.807) is 0 Å². The number of rotatable bonds is 25. The van der Waals surface area contributed by atoms with E-state index in [1.165, 1.54) is 82.8 Å². The van der Waals surface area contributed by atoms with E-state index in [4.69, 9.17) is 15.5 Å². The maximum Gasteiger partial charge on any atom is 0.399 e. The number of primary amides is 1. The van der Waals surface area contributed by atoms with E-state index in [0.29, 0.717) is 31.4 Å². The first-order valence-corrected chi connectivity index (χ1v) is 23.3. The van der Waals surface area contributed by atoms with Crippen molar-refractivity contribution in [2.24, 2.45) is 5.73 Å². The van der Waals surface area contributed by atoms with Gasteiger partial charge in [-0.2, -0.15) is 8.78 Å². The third-order valence-corrected chi connectivity index (χ3v) is 12.8. The van der Waals surface area contributed by atoms with Crippen molar-refractivity contribution in [3.8, 4) is 0 Å². The summed E-state index contributed by atoms with van der Waals surface area (Å²) in [6, 6.07) is 2.77. The van der Waals surface area contributed by atoms with Crippen LogP contribution in [0, 0.1) is 0 Å². The Labute approximate surface area is 341 Å². The van der Waals surface area contributed by atoms with Gasteiger partial charge in [0.2, 0.25) is 17.7 Å². The Morgan fingerprint density at radius 1 is 0.897 bits per heavy atom. The molecular formula is C42H67F2N6O7P. The number of nitrogens with zero attached hydrogens (tertiary/aromatic N) is 1. The highest BCUT2D eigenvalue weighted by Crippen LogP contribution is 2.59. The fraction of sp³-hybridized carbons (Fsp3) is 0.714. The molecule has 1 aromatic heterocycles. The Kier molecular flexibility index (Phi) is 19.1. The molecule has 2 fully saturated rings. The molecule has 0 saturated carbocycles. The van der Waals surface area contributed by atoms with Crippen molar-refractivity contribution < 1.29 is 42.3 Å². The zero-order chi connectivity index (χ0) is 42.1. The van der Waals surface area contributed by atoms with Crippen LogP contribution in [0.1, 0.15) is 164 Å². The van der Waals surface area contributed by atoms with Crippen molar-refractivity contribution in [3.05, 3.63) is 35.5 Å². The van der Waals surface area contributed by atoms with Gasteiger partial charge in [0.25, 0.3) is 5.91 Å². The molecule has 4 amide bonds. The summed E-state index contributed by atoms with van der Waals surface area (Å²) in [6.07, 6.45) is 22.0. The smallest absolute Gasteiger partial charge is 0.370 e. The van der Waals surface area contributed by atoms with E-state index < -0.39 is 42.7 Å². The number of H-pyrrole nitrogens is 1. The molecule has 58 heavy (non-hydrogen) atoms. The van der Waals surface area contributed by atoms with Gasteiger partial charge < -0.3 is 36.5 Å². The molecule has 2 saturated heterocycles. The van der Waals surface area contributed by atoms with Gasteiger partial charge in [0.05, 0.1) is 6.04 Å². The maximum atomic E-state index is 14.4. The number of benzene rings is 1.